The number of hydrogen-bond acceptors (Lipinski definition) is 6. The van der Waals surface area contributed by atoms with Crippen molar-refractivity contribution < 1.29 is 23.8 Å². The highest BCUT2D eigenvalue weighted by Crippen LogP contribution is 2.29. The number of nitrogens with one attached hydrogen (secondary N) is 2. The summed E-state index contributed by atoms with van der Waals surface area (Å²) in [5.74, 6) is 0.492. The maximum Gasteiger partial charge on any atom is 0.249 e. The molecule has 0 bridgehead atoms. The Bertz CT molecular complexity index is 1180. The molecule has 8 nitrogen and oxygen atoms in total. The number of ether oxygens (including phenoxy) is 3. The van der Waals surface area contributed by atoms with E-state index in [2.05, 4.69) is 15.8 Å². The molecule has 0 radical (unpaired) electrons. The van der Waals surface area contributed by atoms with Crippen LogP contribution in [0.25, 0.3) is 0 Å². The minimum atomic E-state index is -0.560. The first-order valence-corrected chi connectivity index (χ1v) is 10.7. The summed E-state index contributed by atoms with van der Waals surface area (Å²) in [4.78, 5) is 24.2. The molecule has 0 aliphatic heterocycles. The van der Waals surface area contributed by atoms with Crippen LogP contribution >= 0.6 is 11.6 Å². The van der Waals surface area contributed by atoms with Gasteiger partial charge in [0.2, 0.25) is 11.8 Å². The standard InChI is InChI=1S/C25H24ClN3O5/c1-32-21-10-6-5-9-20(21)28-24(30)14-25(31)29-27-15-17-11-12-22(23(13-17)33-2)34-16-18-7-3-4-8-19(18)26/h3-13,15H,14,16H2,1-2H3,(H,28,30)(H,29,31). The quantitative estimate of drug-likeness (QED) is 0.254. The van der Waals surface area contributed by atoms with E-state index in [0.717, 1.165) is 5.56 Å². The van der Waals surface area contributed by atoms with E-state index in [0.29, 0.717) is 33.5 Å². The molecule has 34 heavy (non-hydrogen) atoms. The second kappa shape index (κ2) is 12.3. The van der Waals surface area contributed by atoms with Crippen molar-refractivity contribution in [2.24, 2.45) is 5.10 Å². The number of hydrogen-bond donors (Lipinski definition) is 2. The monoisotopic (exact) mass is 481 g/mol. The Morgan fingerprint density at radius 3 is 2.41 bits per heavy atom. The van der Waals surface area contributed by atoms with Gasteiger partial charge >= 0.3 is 0 Å². The van der Waals surface area contributed by atoms with Crippen molar-refractivity contribution in [3.63, 3.8) is 0 Å². The van der Waals surface area contributed by atoms with Crippen molar-refractivity contribution in [3.8, 4) is 17.2 Å². The Labute approximate surface area is 202 Å². The Balaban J connectivity index is 1.53. The van der Waals surface area contributed by atoms with Gasteiger partial charge in [-0.2, -0.15) is 5.10 Å². The van der Waals surface area contributed by atoms with Crippen molar-refractivity contribution in [2.45, 2.75) is 13.0 Å². The maximum atomic E-state index is 12.1. The fourth-order valence-corrected chi connectivity index (χ4v) is 3.15. The molecule has 0 aliphatic carbocycles. The van der Waals surface area contributed by atoms with E-state index in [1.165, 1.54) is 20.4 Å². The summed E-state index contributed by atoms with van der Waals surface area (Å²) in [5, 5.41) is 7.16. The molecular formula is C25H24ClN3O5. The molecule has 0 fully saturated rings. The van der Waals surface area contributed by atoms with Crippen molar-refractivity contribution in [3.05, 3.63) is 82.9 Å². The summed E-state index contributed by atoms with van der Waals surface area (Å²) in [6.07, 6.45) is 1.05. The van der Waals surface area contributed by atoms with Crippen molar-refractivity contribution in [1.29, 1.82) is 0 Å². The van der Waals surface area contributed by atoms with Crippen molar-refractivity contribution >= 4 is 35.3 Å². The number of para-hydroxylation sites is 2. The van der Waals surface area contributed by atoms with Crippen LogP contribution < -0.4 is 25.0 Å². The first-order valence-electron chi connectivity index (χ1n) is 10.3. The lowest BCUT2D eigenvalue weighted by Crippen LogP contribution is -2.24. The summed E-state index contributed by atoms with van der Waals surface area (Å²) in [6.45, 7) is 0.288. The largest absolute Gasteiger partial charge is 0.495 e. The molecule has 3 rings (SSSR count). The molecule has 3 aromatic rings. The van der Waals surface area contributed by atoms with Gasteiger partial charge in [-0.1, -0.05) is 41.9 Å². The summed E-state index contributed by atoms with van der Waals surface area (Å²) >= 11 is 6.16. The number of methoxy groups -OCH3 is 2. The summed E-state index contributed by atoms with van der Waals surface area (Å²) in [5.41, 5.74) is 4.34. The van der Waals surface area contributed by atoms with Gasteiger partial charge in [0.05, 0.1) is 26.1 Å². The van der Waals surface area contributed by atoms with E-state index < -0.39 is 18.2 Å². The van der Waals surface area contributed by atoms with Gasteiger partial charge in [-0.25, -0.2) is 5.43 Å². The number of rotatable bonds is 10. The van der Waals surface area contributed by atoms with Crippen LogP contribution in [0.5, 0.6) is 17.2 Å². The maximum absolute atomic E-state index is 12.1. The van der Waals surface area contributed by atoms with Gasteiger partial charge in [0.25, 0.3) is 0 Å². The number of carbonyl (C=O) groups is 2. The highest BCUT2D eigenvalue weighted by atomic mass is 35.5. The molecule has 0 saturated heterocycles. The zero-order valence-corrected chi connectivity index (χ0v) is 19.5. The fourth-order valence-electron chi connectivity index (χ4n) is 2.96. The van der Waals surface area contributed by atoms with Crippen LogP contribution in [0.15, 0.2) is 71.8 Å². The molecule has 0 spiro atoms. The van der Waals surface area contributed by atoms with Crippen molar-refractivity contribution in [2.75, 3.05) is 19.5 Å². The molecule has 2 amide bonds. The normalized spacial score (nSPS) is 10.6. The average Bonchev–Trinajstić information content (AvgIpc) is 2.84. The lowest BCUT2D eigenvalue weighted by atomic mass is 10.2. The third-order valence-corrected chi connectivity index (χ3v) is 5.00. The van der Waals surface area contributed by atoms with Gasteiger partial charge < -0.3 is 19.5 Å². The Morgan fingerprint density at radius 1 is 0.912 bits per heavy atom. The molecular weight excluding hydrogens is 458 g/mol. The van der Waals surface area contributed by atoms with E-state index in [-0.39, 0.29) is 6.61 Å². The molecule has 0 saturated carbocycles. The van der Waals surface area contributed by atoms with Crippen LogP contribution in [0, 0.1) is 0 Å². The molecule has 0 aliphatic rings. The lowest BCUT2D eigenvalue weighted by molar-refractivity contribution is -0.126. The Kier molecular flexibility index (Phi) is 8.88. The predicted molar refractivity (Wildman–Crippen MR) is 131 cm³/mol. The molecule has 176 valence electrons. The third-order valence-electron chi connectivity index (χ3n) is 4.63. The Morgan fingerprint density at radius 2 is 1.65 bits per heavy atom. The molecule has 0 unspecified atom stereocenters. The van der Waals surface area contributed by atoms with E-state index in [1.807, 2.05) is 18.2 Å². The van der Waals surface area contributed by atoms with E-state index in [4.69, 9.17) is 25.8 Å². The lowest BCUT2D eigenvalue weighted by Gasteiger charge is -2.12. The number of amides is 2. The average molecular weight is 482 g/mol. The smallest absolute Gasteiger partial charge is 0.249 e. The highest BCUT2D eigenvalue weighted by molar-refractivity contribution is 6.31. The first kappa shape index (κ1) is 24.6. The minimum Gasteiger partial charge on any atom is -0.495 e. The van der Waals surface area contributed by atoms with E-state index in [9.17, 15) is 9.59 Å². The number of benzene rings is 3. The predicted octanol–water partition coefficient (Wildman–Crippen LogP) is 4.42. The van der Waals surface area contributed by atoms with Crippen LogP contribution in [0.1, 0.15) is 17.5 Å². The molecule has 2 N–H and O–H groups in total. The highest BCUT2D eigenvalue weighted by Gasteiger charge is 2.11. The van der Waals surface area contributed by atoms with Gasteiger partial charge in [0, 0.05) is 10.6 Å². The van der Waals surface area contributed by atoms with Crippen LogP contribution in [-0.4, -0.2) is 32.2 Å². The van der Waals surface area contributed by atoms with Gasteiger partial charge in [-0.05, 0) is 42.0 Å². The third kappa shape index (κ3) is 6.98. The topological polar surface area (TPSA) is 98.2 Å². The van der Waals surface area contributed by atoms with Gasteiger partial charge in [0.1, 0.15) is 18.8 Å². The molecule has 0 heterocycles. The van der Waals surface area contributed by atoms with Gasteiger partial charge in [-0.3, -0.25) is 9.59 Å². The summed E-state index contributed by atoms with van der Waals surface area (Å²) < 4.78 is 16.4. The van der Waals surface area contributed by atoms with E-state index in [1.54, 1.807) is 48.5 Å². The fraction of sp³-hybridized carbons (Fsp3) is 0.160. The number of halogens is 1. The second-order valence-electron chi connectivity index (χ2n) is 7.01. The number of carbonyl (C=O) groups excluding carboxylic acids is 2. The van der Waals surface area contributed by atoms with Crippen molar-refractivity contribution in [1.82, 2.24) is 5.43 Å². The Hall–Kier alpha value is -4.04. The van der Waals surface area contributed by atoms with Crippen LogP contribution in [0.4, 0.5) is 5.69 Å². The van der Waals surface area contributed by atoms with Crippen LogP contribution in [0.3, 0.4) is 0 Å². The minimum absolute atomic E-state index is 0.288. The molecule has 3 aromatic carbocycles. The zero-order chi connectivity index (χ0) is 24.3. The molecule has 0 aromatic heterocycles. The molecule has 9 heteroatoms. The summed E-state index contributed by atoms with van der Waals surface area (Å²) in [7, 11) is 3.03. The number of hydrazone groups is 1. The van der Waals surface area contributed by atoms with Crippen LogP contribution in [0.2, 0.25) is 5.02 Å². The SMILES string of the molecule is COc1ccccc1NC(=O)CC(=O)NN=Cc1ccc(OCc2ccccc2Cl)c(OC)c1. The number of anilines is 1. The van der Waals surface area contributed by atoms with Crippen LogP contribution in [-0.2, 0) is 16.2 Å². The first-order chi connectivity index (χ1) is 16.5. The van der Waals surface area contributed by atoms with Gasteiger partial charge in [-0.15, -0.1) is 0 Å². The second-order valence-corrected chi connectivity index (χ2v) is 7.42. The van der Waals surface area contributed by atoms with E-state index >= 15 is 0 Å². The number of nitrogens with zero attached hydrogens (tertiary/aromatic N) is 1. The van der Waals surface area contributed by atoms with Gasteiger partial charge in [0.15, 0.2) is 11.5 Å². The molecule has 0 atom stereocenters. The summed E-state index contributed by atoms with van der Waals surface area (Å²) in [6, 6.07) is 19.6. The zero-order valence-electron chi connectivity index (χ0n) is 18.7.